The summed E-state index contributed by atoms with van der Waals surface area (Å²) in [7, 11) is 0. The lowest BCUT2D eigenvalue weighted by Gasteiger charge is -2.28. The maximum Gasteiger partial charge on any atom is 0.256 e. The third-order valence-corrected chi connectivity index (χ3v) is 9.00. The van der Waals surface area contributed by atoms with Crippen LogP contribution in [0.3, 0.4) is 0 Å². The Labute approximate surface area is 247 Å². The van der Waals surface area contributed by atoms with Crippen molar-refractivity contribution in [3.8, 4) is 0 Å². The van der Waals surface area contributed by atoms with Crippen molar-refractivity contribution < 1.29 is 14.4 Å². The number of aromatic amines is 1. The van der Waals surface area contributed by atoms with E-state index in [0.29, 0.717) is 28.0 Å². The number of anilines is 1. The summed E-state index contributed by atoms with van der Waals surface area (Å²) in [4.78, 5) is 47.9. The molecule has 3 aliphatic heterocycles. The molecule has 0 bridgehead atoms. The van der Waals surface area contributed by atoms with Crippen molar-refractivity contribution in [1.82, 2.24) is 20.1 Å². The largest absolute Gasteiger partial charge is 0.358 e. The zero-order chi connectivity index (χ0) is 29.4. The van der Waals surface area contributed by atoms with Crippen molar-refractivity contribution in [3.05, 3.63) is 87.7 Å². The monoisotopic (exact) mass is 565 g/mol. The van der Waals surface area contributed by atoms with Gasteiger partial charge in [-0.15, -0.1) is 0 Å². The van der Waals surface area contributed by atoms with E-state index in [1.54, 1.807) is 24.3 Å². The standard InChI is InChI=1S/C34H39N5O3/c1-21-30(35-23(3)31(21)34(42)39-17-9-12-26(39)20-38-15-7-8-16-38)19-28-27-18-25(13-14-29(27)37-33(28)41)32(40)36-22(2)24-10-5-4-6-11-24/h4-6,10-11,13-14,18-19,22,26,35H,7-9,12,15-17,20H2,1-3H3,(H,36,40)(H,37,41)/b28-19-/t22-,26+/m0/s1. The first-order chi connectivity index (χ1) is 20.3. The number of carbonyl (C=O) groups excluding carboxylic acids is 3. The van der Waals surface area contributed by atoms with Gasteiger partial charge < -0.3 is 25.4 Å². The fraction of sp³-hybridized carbons (Fsp3) is 0.382. The summed E-state index contributed by atoms with van der Waals surface area (Å²) in [5.41, 5.74) is 6.36. The van der Waals surface area contributed by atoms with Crippen LogP contribution in [0.4, 0.5) is 5.69 Å². The molecular weight excluding hydrogens is 526 g/mol. The Bertz CT molecular complexity index is 1550. The number of fused-ring (bicyclic) bond motifs is 1. The maximum atomic E-state index is 13.8. The van der Waals surface area contributed by atoms with Crippen molar-refractivity contribution in [2.75, 3.05) is 31.5 Å². The zero-order valence-corrected chi connectivity index (χ0v) is 24.6. The predicted octanol–water partition coefficient (Wildman–Crippen LogP) is 5.32. The molecule has 3 amide bonds. The molecule has 3 aromatic rings. The molecular formula is C34H39N5O3. The summed E-state index contributed by atoms with van der Waals surface area (Å²) < 4.78 is 0. The molecule has 4 heterocycles. The SMILES string of the molecule is Cc1[nH]c(/C=C2\C(=O)Nc3ccc(C(=O)N[C@@H](C)c4ccccc4)cc32)c(C)c1C(=O)N1CCC[C@@H]1CN1CCCC1. The Morgan fingerprint density at radius 3 is 2.57 bits per heavy atom. The fourth-order valence-corrected chi connectivity index (χ4v) is 6.66. The molecule has 218 valence electrons. The summed E-state index contributed by atoms with van der Waals surface area (Å²) in [6.07, 6.45) is 6.36. The molecule has 8 nitrogen and oxygen atoms in total. The average Bonchev–Trinajstić information content (AvgIpc) is 3.78. The third kappa shape index (κ3) is 5.39. The number of aromatic nitrogens is 1. The predicted molar refractivity (Wildman–Crippen MR) is 165 cm³/mol. The molecule has 6 rings (SSSR count). The number of amides is 3. The van der Waals surface area contributed by atoms with Crippen LogP contribution in [0.1, 0.15) is 87.4 Å². The van der Waals surface area contributed by atoms with Gasteiger partial charge in [-0.05, 0) is 94.9 Å². The summed E-state index contributed by atoms with van der Waals surface area (Å²) in [5, 5.41) is 5.97. The fourth-order valence-electron chi connectivity index (χ4n) is 6.66. The second-order valence-corrected chi connectivity index (χ2v) is 11.8. The molecule has 0 unspecified atom stereocenters. The van der Waals surface area contributed by atoms with Gasteiger partial charge in [0.05, 0.1) is 17.2 Å². The van der Waals surface area contributed by atoms with E-state index < -0.39 is 0 Å². The lowest BCUT2D eigenvalue weighted by Crippen LogP contribution is -2.42. The van der Waals surface area contributed by atoms with Gasteiger partial charge in [0, 0.05) is 47.3 Å². The molecule has 0 saturated carbocycles. The van der Waals surface area contributed by atoms with Crippen LogP contribution in [-0.4, -0.2) is 64.7 Å². The third-order valence-electron chi connectivity index (χ3n) is 9.00. The second kappa shape index (κ2) is 11.6. The van der Waals surface area contributed by atoms with Crippen molar-refractivity contribution in [2.45, 2.75) is 58.5 Å². The van der Waals surface area contributed by atoms with Gasteiger partial charge in [0.2, 0.25) is 0 Å². The highest BCUT2D eigenvalue weighted by atomic mass is 16.2. The molecule has 42 heavy (non-hydrogen) atoms. The molecule has 3 N–H and O–H groups in total. The van der Waals surface area contributed by atoms with Gasteiger partial charge in [0.25, 0.3) is 17.7 Å². The first-order valence-electron chi connectivity index (χ1n) is 15.1. The van der Waals surface area contributed by atoms with E-state index in [1.165, 1.54) is 12.8 Å². The Morgan fingerprint density at radius 2 is 1.81 bits per heavy atom. The number of benzene rings is 2. The Hall–Kier alpha value is -4.17. The zero-order valence-electron chi connectivity index (χ0n) is 24.6. The lowest BCUT2D eigenvalue weighted by atomic mass is 10.0. The Kier molecular flexibility index (Phi) is 7.73. The van der Waals surface area contributed by atoms with E-state index in [-0.39, 0.29) is 29.8 Å². The molecule has 3 aliphatic rings. The van der Waals surface area contributed by atoms with Crippen LogP contribution < -0.4 is 10.6 Å². The molecule has 8 heteroatoms. The minimum atomic E-state index is -0.232. The van der Waals surface area contributed by atoms with Crippen molar-refractivity contribution in [1.29, 1.82) is 0 Å². The number of nitrogens with zero attached hydrogens (tertiary/aromatic N) is 2. The summed E-state index contributed by atoms with van der Waals surface area (Å²) in [5.74, 6) is -0.373. The van der Waals surface area contributed by atoms with Gasteiger partial charge >= 0.3 is 0 Å². The van der Waals surface area contributed by atoms with E-state index >= 15 is 0 Å². The smallest absolute Gasteiger partial charge is 0.256 e. The highest BCUT2D eigenvalue weighted by molar-refractivity contribution is 6.35. The molecule has 2 fully saturated rings. The molecule has 0 spiro atoms. The van der Waals surface area contributed by atoms with Gasteiger partial charge in [0.15, 0.2) is 0 Å². The first kappa shape index (κ1) is 28.0. The van der Waals surface area contributed by atoms with Crippen molar-refractivity contribution >= 4 is 35.1 Å². The van der Waals surface area contributed by atoms with E-state index in [4.69, 9.17) is 0 Å². The highest BCUT2D eigenvalue weighted by Gasteiger charge is 2.34. The molecule has 2 aromatic carbocycles. The number of rotatable bonds is 7. The van der Waals surface area contributed by atoms with Crippen LogP contribution in [-0.2, 0) is 4.79 Å². The second-order valence-electron chi connectivity index (χ2n) is 11.8. The van der Waals surface area contributed by atoms with E-state index in [2.05, 4.69) is 25.4 Å². The van der Waals surface area contributed by atoms with E-state index in [0.717, 1.165) is 61.5 Å². The van der Waals surface area contributed by atoms with Crippen LogP contribution in [0.2, 0.25) is 0 Å². The van der Waals surface area contributed by atoms with Gasteiger partial charge in [-0.25, -0.2) is 0 Å². The van der Waals surface area contributed by atoms with Crippen LogP contribution in [0.5, 0.6) is 0 Å². The number of aryl methyl sites for hydroxylation is 1. The van der Waals surface area contributed by atoms with Crippen LogP contribution in [0.25, 0.3) is 11.6 Å². The van der Waals surface area contributed by atoms with Crippen LogP contribution in [0.15, 0.2) is 48.5 Å². The highest BCUT2D eigenvalue weighted by Crippen LogP contribution is 2.35. The number of carbonyl (C=O) groups is 3. The molecule has 1 aromatic heterocycles. The van der Waals surface area contributed by atoms with E-state index in [1.807, 2.05) is 51.1 Å². The minimum Gasteiger partial charge on any atom is -0.358 e. The van der Waals surface area contributed by atoms with Crippen LogP contribution >= 0.6 is 0 Å². The quantitative estimate of drug-likeness (QED) is 0.338. The molecule has 2 saturated heterocycles. The lowest BCUT2D eigenvalue weighted by molar-refractivity contribution is -0.110. The first-order valence-corrected chi connectivity index (χ1v) is 15.1. The topological polar surface area (TPSA) is 97.5 Å². The number of likely N-dealkylation sites (tertiary alicyclic amines) is 2. The number of H-pyrrole nitrogens is 1. The summed E-state index contributed by atoms with van der Waals surface area (Å²) in [6, 6.07) is 15.1. The normalized spacial score (nSPS) is 20.2. The average molecular weight is 566 g/mol. The molecule has 0 aliphatic carbocycles. The van der Waals surface area contributed by atoms with E-state index in [9.17, 15) is 14.4 Å². The maximum absolute atomic E-state index is 13.8. The number of hydrogen-bond acceptors (Lipinski definition) is 4. The summed E-state index contributed by atoms with van der Waals surface area (Å²) >= 11 is 0. The van der Waals surface area contributed by atoms with Gasteiger partial charge in [0.1, 0.15) is 0 Å². The number of hydrogen-bond donors (Lipinski definition) is 3. The van der Waals surface area contributed by atoms with Crippen molar-refractivity contribution in [2.24, 2.45) is 0 Å². The molecule has 2 atom stereocenters. The van der Waals surface area contributed by atoms with Gasteiger partial charge in [-0.2, -0.15) is 0 Å². The number of nitrogens with one attached hydrogen (secondary N) is 3. The summed E-state index contributed by atoms with van der Waals surface area (Å²) in [6.45, 7) is 9.78. The van der Waals surface area contributed by atoms with Crippen LogP contribution in [0, 0.1) is 13.8 Å². The van der Waals surface area contributed by atoms with Crippen molar-refractivity contribution in [3.63, 3.8) is 0 Å². The Morgan fingerprint density at radius 1 is 1.05 bits per heavy atom. The Balaban J connectivity index is 1.24. The van der Waals surface area contributed by atoms with Gasteiger partial charge in [-0.3, -0.25) is 14.4 Å². The minimum absolute atomic E-state index is 0.0652. The van der Waals surface area contributed by atoms with Gasteiger partial charge in [-0.1, -0.05) is 30.3 Å². The molecule has 0 radical (unpaired) electrons.